The molecular weight excluding hydrogens is 208 g/mol. The minimum Gasteiger partial charge on any atom is -0.329 e. The lowest BCUT2D eigenvalue weighted by Crippen LogP contribution is -2.28. The van der Waals surface area contributed by atoms with Crippen molar-refractivity contribution in [3.8, 4) is 0 Å². The normalized spacial score (nSPS) is 12.8. The van der Waals surface area contributed by atoms with Gasteiger partial charge in [0.25, 0.3) is 0 Å². The minimum atomic E-state index is 0.263. The second kappa shape index (κ2) is 5.80. The number of fused-ring (bicyclic) bond motifs is 1. The quantitative estimate of drug-likeness (QED) is 0.826. The number of nitrogens with one attached hydrogen (secondary N) is 1. The largest absolute Gasteiger partial charge is 0.329 e. The molecular formula is C15H20N2. The summed E-state index contributed by atoms with van der Waals surface area (Å²) in [6.07, 6.45) is 1.13. The number of hydrogen-bond acceptors (Lipinski definition) is 2. The van der Waals surface area contributed by atoms with Crippen LogP contribution in [0.1, 0.15) is 24.9 Å². The van der Waals surface area contributed by atoms with E-state index in [1.165, 1.54) is 16.3 Å². The maximum absolute atomic E-state index is 5.83. The molecule has 17 heavy (non-hydrogen) atoms. The van der Waals surface area contributed by atoms with E-state index in [0.29, 0.717) is 6.54 Å². The highest BCUT2D eigenvalue weighted by Gasteiger charge is 2.08. The van der Waals surface area contributed by atoms with Crippen LogP contribution < -0.4 is 11.1 Å². The topological polar surface area (TPSA) is 38.0 Å². The van der Waals surface area contributed by atoms with Crippen molar-refractivity contribution in [3.63, 3.8) is 0 Å². The zero-order chi connectivity index (χ0) is 12.1. The summed E-state index contributed by atoms with van der Waals surface area (Å²) in [6, 6.07) is 15.3. The highest BCUT2D eigenvalue weighted by molar-refractivity contribution is 5.83. The Morgan fingerprint density at radius 3 is 2.59 bits per heavy atom. The van der Waals surface area contributed by atoms with Gasteiger partial charge < -0.3 is 11.1 Å². The summed E-state index contributed by atoms with van der Waals surface area (Å²) in [4.78, 5) is 0. The Hall–Kier alpha value is -1.38. The molecule has 1 atom stereocenters. The van der Waals surface area contributed by atoms with Gasteiger partial charge in [-0.3, -0.25) is 0 Å². The van der Waals surface area contributed by atoms with Gasteiger partial charge in [-0.15, -0.1) is 0 Å². The summed E-state index contributed by atoms with van der Waals surface area (Å²) in [5.74, 6) is 0. The Morgan fingerprint density at radius 1 is 1.12 bits per heavy atom. The van der Waals surface area contributed by atoms with Crippen molar-refractivity contribution in [1.82, 2.24) is 5.32 Å². The third-order valence-electron chi connectivity index (χ3n) is 3.05. The van der Waals surface area contributed by atoms with Crippen molar-refractivity contribution >= 4 is 10.8 Å². The minimum absolute atomic E-state index is 0.263. The van der Waals surface area contributed by atoms with Crippen LogP contribution in [0.5, 0.6) is 0 Å². The van der Waals surface area contributed by atoms with Crippen LogP contribution in [0.15, 0.2) is 42.5 Å². The van der Waals surface area contributed by atoms with E-state index in [4.69, 9.17) is 5.73 Å². The van der Waals surface area contributed by atoms with Crippen molar-refractivity contribution in [2.75, 3.05) is 13.1 Å². The van der Waals surface area contributed by atoms with Crippen LogP contribution in [-0.4, -0.2) is 13.1 Å². The Kier molecular flexibility index (Phi) is 4.13. The first-order chi connectivity index (χ1) is 8.35. The average Bonchev–Trinajstić information content (AvgIpc) is 2.39. The summed E-state index contributed by atoms with van der Waals surface area (Å²) in [6.45, 7) is 3.81. The number of rotatable bonds is 5. The monoisotopic (exact) mass is 228 g/mol. The molecule has 0 saturated heterocycles. The van der Waals surface area contributed by atoms with Crippen LogP contribution in [0.2, 0.25) is 0 Å². The number of nitrogens with two attached hydrogens (primary N) is 1. The van der Waals surface area contributed by atoms with Gasteiger partial charge in [0.05, 0.1) is 0 Å². The van der Waals surface area contributed by atoms with E-state index < -0.39 is 0 Å². The van der Waals surface area contributed by atoms with Crippen LogP contribution in [0.3, 0.4) is 0 Å². The molecule has 3 N–H and O–H groups in total. The van der Waals surface area contributed by atoms with Crippen molar-refractivity contribution < 1.29 is 0 Å². The molecule has 0 radical (unpaired) electrons. The Balaban J connectivity index is 2.27. The van der Waals surface area contributed by atoms with E-state index in [0.717, 1.165) is 13.0 Å². The van der Waals surface area contributed by atoms with Crippen molar-refractivity contribution in [2.24, 2.45) is 5.73 Å². The number of hydrogen-bond donors (Lipinski definition) is 2. The first-order valence-corrected chi connectivity index (χ1v) is 6.27. The van der Waals surface area contributed by atoms with Crippen molar-refractivity contribution in [2.45, 2.75) is 19.4 Å². The van der Waals surface area contributed by atoms with Crippen LogP contribution in [0, 0.1) is 0 Å². The highest BCUT2D eigenvalue weighted by Crippen LogP contribution is 2.19. The van der Waals surface area contributed by atoms with Crippen LogP contribution >= 0.6 is 0 Å². The molecule has 0 aliphatic carbocycles. The molecule has 0 bridgehead atoms. The fourth-order valence-electron chi connectivity index (χ4n) is 2.08. The molecule has 2 heteroatoms. The Labute approximate surface area is 103 Å². The molecule has 2 aromatic carbocycles. The van der Waals surface area contributed by atoms with E-state index in [1.54, 1.807) is 0 Å². The van der Waals surface area contributed by atoms with Gasteiger partial charge in [-0.2, -0.15) is 0 Å². The third kappa shape index (κ3) is 2.84. The summed E-state index contributed by atoms with van der Waals surface area (Å²) in [7, 11) is 0. The summed E-state index contributed by atoms with van der Waals surface area (Å²) >= 11 is 0. The molecule has 2 rings (SSSR count). The lowest BCUT2D eigenvalue weighted by Gasteiger charge is -2.17. The van der Waals surface area contributed by atoms with Crippen molar-refractivity contribution in [1.29, 1.82) is 0 Å². The number of benzene rings is 2. The molecule has 0 fully saturated rings. The molecule has 0 saturated carbocycles. The molecule has 2 aromatic rings. The van der Waals surface area contributed by atoms with Gasteiger partial charge in [-0.05, 0) is 35.4 Å². The predicted molar refractivity (Wildman–Crippen MR) is 74.0 cm³/mol. The molecule has 90 valence electrons. The molecule has 0 amide bonds. The van der Waals surface area contributed by atoms with Crippen molar-refractivity contribution in [3.05, 3.63) is 48.0 Å². The maximum atomic E-state index is 5.83. The first-order valence-electron chi connectivity index (χ1n) is 6.27. The van der Waals surface area contributed by atoms with Gasteiger partial charge in [0, 0.05) is 12.6 Å². The van der Waals surface area contributed by atoms with E-state index in [9.17, 15) is 0 Å². The van der Waals surface area contributed by atoms with Gasteiger partial charge in [0.15, 0.2) is 0 Å². The van der Waals surface area contributed by atoms with E-state index in [-0.39, 0.29) is 6.04 Å². The molecule has 2 nitrogen and oxygen atoms in total. The van der Waals surface area contributed by atoms with Crippen LogP contribution in [0.4, 0.5) is 0 Å². The third-order valence-corrected chi connectivity index (χ3v) is 3.05. The van der Waals surface area contributed by atoms with Crippen LogP contribution in [-0.2, 0) is 0 Å². The molecule has 0 heterocycles. The second-order valence-electron chi connectivity index (χ2n) is 4.35. The smallest absolute Gasteiger partial charge is 0.0444 e. The van der Waals surface area contributed by atoms with Crippen LogP contribution in [0.25, 0.3) is 10.8 Å². The zero-order valence-corrected chi connectivity index (χ0v) is 10.3. The standard InChI is InChI=1S/C15H20N2/c1-2-9-17-15(11-16)14-8-7-12-5-3-4-6-13(12)10-14/h3-8,10,15,17H,2,9,11,16H2,1H3. The van der Waals surface area contributed by atoms with Gasteiger partial charge in [-0.25, -0.2) is 0 Å². The zero-order valence-electron chi connectivity index (χ0n) is 10.3. The summed E-state index contributed by atoms with van der Waals surface area (Å²) in [5, 5.41) is 6.03. The Bertz CT molecular complexity index is 479. The highest BCUT2D eigenvalue weighted by atomic mass is 14.9. The predicted octanol–water partition coefficient (Wildman–Crippen LogP) is 2.84. The van der Waals surface area contributed by atoms with E-state index in [2.05, 4.69) is 54.7 Å². The fourth-order valence-corrected chi connectivity index (χ4v) is 2.08. The molecule has 0 aromatic heterocycles. The Morgan fingerprint density at radius 2 is 1.88 bits per heavy atom. The summed E-state index contributed by atoms with van der Waals surface area (Å²) < 4.78 is 0. The second-order valence-corrected chi connectivity index (χ2v) is 4.35. The average molecular weight is 228 g/mol. The first kappa shape index (κ1) is 12.1. The maximum Gasteiger partial charge on any atom is 0.0444 e. The van der Waals surface area contributed by atoms with Gasteiger partial charge in [0.1, 0.15) is 0 Å². The molecule has 1 unspecified atom stereocenters. The van der Waals surface area contributed by atoms with Gasteiger partial charge >= 0.3 is 0 Å². The SMILES string of the molecule is CCCNC(CN)c1ccc2ccccc2c1. The molecule has 0 aliphatic rings. The van der Waals surface area contributed by atoms with Gasteiger partial charge in [-0.1, -0.05) is 43.3 Å². The lowest BCUT2D eigenvalue weighted by atomic mass is 10.0. The van der Waals surface area contributed by atoms with E-state index >= 15 is 0 Å². The fraction of sp³-hybridized carbons (Fsp3) is 0.333. The lowest BCUT2D eigenvalue weighted by molar-refractivity contribution is 0.540. The van der Waals surface area contributed by atoms with Gasteiger partial charge in [0.2, 0.25) is 0 Å². The molecule has 0 aliphatic heterocycles. The van der Waals surface area contributed by atoms with E-state index in [1.807, 2.05) is 0 Å². The summed E-state index contributed by atoms with van der Waals surface area (Å²) in [5.41, 5.74) is 7.10. The molecule has 0 spiro atoms.